The van der Waals surface area contributed by atoms with Gasteiger partial charge in [0.25, 0.3) is 0 Å². The van der Waals surface area contributed by atoms with Crippen molar-refractivity contribution < 1.29 is 4.79 Å². The van der Waals surface area contributed by atoms with Crippen molar-refractivity contribution in [3.05, 3.63) is 35.4 Å². The molecule has 0 aliphatic carbocycles. The van der Waals surface area contributed by atoms with Crippen molar-refractivity contribution in [3.8, 4) is 6.07 Å². The first kappa shape index (κ1) is 10.7. The fourth-order valence-electron chi connectivity index (χ4n) is 1.25. The van der Waals surface area contributed by atoms with Gasteiger partial charge in [0.2, 0.25) is 0 Å². The van der Waals surface area contributed by atoms with Crippen molar-refractivity contribution in [1.29, 1.82) is 5.26 Å². The molecule has 3 heteroatoms. The molecule has 1 rings (SSSR count). The lowest BCUT2D eigenvalue weighted by atomic mass is 10.0. The minimum atomic E-state index is -0.0166. The van der Waals surface area contributed by atoms with Crippen molar-refractivity contribution in [2.24, 2.45) is 0 Å². The van der Waals surface area contributed by atoms with E-state index in [0.29, 0.717) is 12.8 Å². The molecule has 0 unspecified atom stereocenters. The van der Waals surface area contributed by atoms with E-state index in [1.807, 2.05) is 24.3 Å². The normalized spacial score (nSPS) is 9.43. The number of rotatable bonds is 4. The summed E-state index contributed by atoms with van der Waals surface area (Å²) in [5.74, 6) is 0.0120. The van der Waals surface area contributed by atoms with E-state index in [1.54, 1.807) is 0 Å². The third kappa shape index (κ3) is 2.86. The van der Waals surface area contributed by atoms with Gasteiger partial charge in [0.05, 0.1) is 18.4 Å². The second kappa shape index (κ2) is 5.41. The number of halogens is 1. The van der Waals surface area contributed by atoms with E-state index in [-0.39, 0.29) is 11.7 Å². The van der Waals surface area contributed by atoms with Gasteiger partial charge in [-0.3, -0.25) is 4.79 Å². The molecule has 0 atom stereocenters. The summed E-state index contributed by atoms with van der Waals surface area (Å²) in [7, 11) is 0. The zero-order valence-electron chi connectivity index (χ0n) is 7.66. The summed E-state index contributed by atoms with van der Waals surface area (Å²) in [4.78, 5) is 11.1. The molecule has 0 saturated heterocycles. The first-order chi connectivity index (χ1) is 6.77. The topological polar surface area (TPSA) is 40.9 Å². The lowest BCUT2D eigenvalue weighted by Gasteiger charge is -2.03. The Morgan fingerprint density at radius 2 is 2.00 bits per heavy atom. The van der Waals surface area contributed by atoms with Crippen LogP contribution in [0.4, 0.5) is 0 Å². The third-order valence-electron chi connectivity index (χ3n) is 1.92. The van der Waals surface area contributed by atoms with Crippen LogP contribution in [0.15, 0.2) is 24.3 Å². The highest BCUT2D eigenvalue weighted by atomic mass is 35.5. The summed E-state index contributed by atoms with van der Waals surface area (Å²) >= 11 is 5.42. The number of Topliss-reactive ketones (excluding diaryl/α,β-unsaturated/α-hetero) is 1. The molecule has 0 aromatic heterocycles. The van der Waals surface area contributed by atoms with Crippen LogP contribution in [0.2, 0.25) is 0 Å². The standard InChI is InChI=1S/C11H10ClNO/c12-8-11(14)7-10-4-2-1-3-9(10)5-6-13/h1-4H,5,7-8H2. The fraction of sp³-hybridized carbons (Fsp3) is 0.273. The molecule has 0 amide bonds. The predicted octanol–water partition coefficient (Wildman–Crippen LogP) is 2.10. The summed E-state index contributed by atoms with van der Waals surface area (Å²) in [5.41, 5.74) is 1.81. The SMILES string of the molecule is N#CCc1ccccc1CC(=O)CCl. The van der Waals surface area contributed by atoms with Crippen LogP contribution < -0.4 is 0 Å². The molecule has 0 aliphatic rings. The molecule has 0 heterocycles. The van der Waals surface area contributed by atoms with Crippen LogP contribution >= 0.6 is 11.6 Å². The molecule has 1 aromatic rings. The van der Waals surface area contributed by atoms with Crippen molar-refractivity contribution in [1.82, 2.24) is 0 Å². The number of nitrogens with zero attached hydrogens (tertiary/aromatic N) is 1. The number of carbonyl (C=O) groups excluding carboxylic acids is 1. The lowest BCUT2D eigenvalue weighted by molar-refractivity contribution is -0.116. The van der Waals surface area contributed by atoms with Gasteiger partial charge in [0, 0.05) is 6.42 Å². The van der Waals surface area contributed by atoms with E-state index in [4.69, 9.17) is 16.9 Å². The number of hydrogen-bond acceptors (Lipinski definition) is 2. The van der Waals surface area contributed by atoms with Gasteiger partial charge in [0.15, 0.2) is 5.78 Å². The molecule has 0 aliphatic heterocycles. The maximum atomic E-state index is 11.1. The van der Waals surface area contributed by atoms with E-state index in [2.05, 4.69) is 6.07 Å². The molecular formula is C11H10ClNO. The highest BCUT2D eigenvalue weighted by Crippen LogP contribution is 2.10. The average Bonchev–Trinajstić information content (AvgIpc) is 2.21. The van der Waals surface area contributed by atoms with Gasteiger partial charge < -0.3 is 0 Å². The third-order valence-corrected chi connectivity index (χ3v) is 2.22. The van der Waals surface area contributed by atoms with Gasteiger partial charge in [-0.1, -0.05) is 24.3 Å². The van der Waals surface area contributed by atoms with Gasteiger partial charge in [-0.2, -0.15) is 5.26 Å². The lowest BCUT2D eigenvalue weighted by Crippen LogP contribution is -2.06. The zero-order chi connectivity index (χ0) is 10.4. The number of benzene rings is 1. The van der Waals surface area contributed by atoms with E-state index in [9.17, 15) is 4.79 Å². The molecule has 0 radical (unpaired) electrons. The van der Waals surface area contributed by atoms with E-state index < -0.39 is 0 Å². The maximum absolute atomic E-state index is 11.1. The Balaban J connectivity index is 2.85. The summed E-state index contributed by atoms with van der Waals surface area (Å²) in [5, 5.41) is 8.57. The van der Waals surface area contributed by atoms with Gasteiger partial charge >= 0.3 is 0 Å². The summed E-state index contributed by atoms with van der Waals surface area (Å²) in [6.45, 7) is 0. The largest absolute Gasteiger partial charge is 0.298 e. The van der Waals surface area contributed by atoms with E-state index in [0.717, 1.165) is 11.1 Å². The first-order valence-corrected chi connectivity index (χ1v) is 4.82. The van der Waals surface area contributed by atoms with E-state index >= 15 is 0 Å². The molecule has 0 fully saturated rings. The minimum Gasteiger partial charge on any atom is -0.298 e. The Morgan fingerprint density at radius 3 is 2.57 bits per heavy atom. The molecule has 72 valence electrons. The van der Waals surface area contributed by atoms with E-state index in [1.165, 1.54) is 0 Å². The molecule has 0 N–H and O–H groups in total. The highest BCUT2D eigenvalue weighted by Gasteiger charge is 2.05. The quantitative estimate of drug-likeness (QED) is 0.710. The number of ketones is 1. The molecule has 0 bridgehead atoms. The molecule has 0 saturated carbocycles. The number of nitriles is 1. The van der Waals surface area contributed by atoms with Crippen LogP contribution in [-0.4, -0.2) is 11.7 Å². The van der Waals surface area contributed by atoms with Crippen molar-refractivity contribution in [2.45, 2.75) is 12.8 Å². The summed E-state index contributed by atoms with van der Waals surface area (Å²) < 4.78 is 0. The van der Waals surface area contributed by atoms with Crippen molar-refractivity contribution >= 4 is 17.4 Å². The Morgan fingerprint density at radius 1 is 1.36 bits per heavy atom. The highest BCUT2D eigenvalue weighted by molar-refractivity contribution is 6.27. The van der Waals surface area contributed by atoms with Crippen LogP contribution in [0.1, 0.15) is 11.1 Å². The van der Waals surface area contributed by atoms with Crippen LogP contribution in [0.3, 0.4) is 0 Å². The Hall–Kier alpha value is -1.33. The Labute approximate surface area is 88.1 Å². The Kier molecular flexibility index (Phi) is 4.15. The van der Waals surface area contributed by atoms with Gasteiger partial charge in [-0.25, -0.2) is 0 Å². The first-order valence-electron chi connectivity index (χ1n) is 4.29. The molecule has 14 heavy (non-hydrogen) atoms. The van der Waals surface area contributed by atoms with Gasteiger partial charge in [-0.15, -0.1) is 11.6 Å². The number of hydrogen-bond donors (Lipinski definition) is 0. The van der Waals surface area contributed by atoms with Crippen LogP contribution in [0.5, 0.6) is 0 Å². The predicted molar refractivity (Wildman–Crippen MR) is 55.2 cm³/mol. The van der Waals surface area contributed by atoms with Crippen LogP contribution in [0.25, 0.3) is 0 Å². The fourth-order valence-corrected chi connectivity index (χ4v) is 1.34. The molecule has 1 aromatic carbocycles. The maximum Gasteiger partial charge on any atom is 0.151 e. The van der Waals surface area contributed by atoms with Crippen molar-refractivity contribution in [2.75, 3.05) is 5.88 Å². The molecule has 2 nitrogen and oxygen atoms in total. The Bertz CT molecular complexity index is 368. The second-order valence-electron chi connectivity index (χ2n) is 2.95. The van der Waals surface area contributed by atoms with Crippen molar-refractivity contribution in [3.63, 3.8) is 0 Å². The smallest absolute Gasteiger partial charge is 0.151 e. The van der Waals surface area contributed by atoms with Gasteiger partial charge in [0.1, 0.15) is 0 Å². The van der Waals surface area contributed by atoms with Gasteiger partial charge in [-0.05, 0) is 11.1 Å². The molecular weight excluding hydrogens is 198 g/mol. The number of carbonyl (C=O) groups is 1. The number of alkyl halides is 1. The summed E-state index contributed by atoms with van der Waals surface area (Å²) in [6, 6.07) is 9.51. The average molecular weight is 208 g/mol. The monoisotopic (exact) mass is 207 g/mol. The summed E-state index contributed by atoms with van der Waals surface area (Å²) in [6.07, 6.45) is 0.660. The van der Waals surface area contributed by atoms with Crippen LogP contribution in [-0.2, 0) is 17.6 Å². The molecule has 0 spiro atoms. The second-order valence-corrected chi connectivity index (χ2v) is 3.22. The van der Waals surface area contributed by atoms with Crippen LogP contribution in [0, 0.1) is 11.3 Å². The minimum absolute atomic E-state index is 0.0166. The zero-order valence-corrected chi connectivity index (χ0v) is 8.42.